The summed E-state index contributed by atoms with van der Waals surface area (Å²) in [4.78, 5) is 29.5. The van der Waals surface area contributed by atoms with Gasteiger partial charge in [0.15, 0.2) is 11.5 Å². The monoisotopic (exact) mass is 452 g/mol. The molecule has 8 nitrogen and oxygen atoms in total. The largest absolute Gasteiger partial charge is 0.493 e. The van der Waals surface area contributed by atoms with Gasteiger partial charge in [-0.1, -0.05) is 6.07 Å². The standard InChI is InChI=1S/C25H28N2O6/c1-30-22-8-7-18(13-23(22)31-2)9-10-26-15-19(14-24(26)28)25(29)27(16-20-5-3-11-32-20)17-21-6-4-12-33-21/h3-8,11-13,19H,9-10,14-17H2,1-2H3. The molecule has 0 saturated carbocycles. The fraction of sp³-hybridized carbons (Fsp3) is 0.360. The molecule has 33 heavy (non-hydrogen) atoms. The molecule has 1 atom stereocenters. The Morgan fingerprint density at radius 1 is 1.03 bits per heavy atom. The van der Waals surface area contributed by atoms with Gasteiger partial charge in [-0.25, -0.2) is 0 Å². The van der Waals surface area contributed by atoms with Gasteiger partial charge in [-0.05, 0) is 48.4 Å². The van der Waals surface area contributed by atoms with Crippen LogP contribution in [0.5, 0.6) is 11.5 Å². The maximum absolute atomic E-state index is 13.4. The number of hydrogen-bond acceptors (Lipinski definition) is 6. The molecular weight excluding hydrogens is 424 g/mol. The van der Waals surface area contributed by atoms with E-state index in [-0.39, 0.29) is 18.2 Å². The number of furan rings is 2. The highest BCUT2D eigenvalue weighted by atomic mass is 16.5. The Hall–Kier alpha value is -3.68. The summed E-state index contributed by atoms with van der Waals surface area (Å²) >= 11 is 0. The van der Waals surface area contributed by atoms with Crippen LogP contribution in [0.15, 0.2) is 63.8 Å². The van der Waals surface area contributed by atoms with Gasteiger partial charge in [0.25, 0.3) is 0 Å². The summed E-state index contributed by atoms with van der Waals surface area (Å²) in [5.41, 5.74) is 1.03. The molecule has 2 amide bonds. The van der Waals surface area contributed by atoms with Crippen LogP contribution in [0.3, 0.4) is 0 Å². The van der Waals surface area contributed by atoms with Crippen LogP contribution >= 0.6 is 0 Å². The van der Waals surface area contributed by atoms with Crippen LogP contribution in [0.25, 0.3) is 0 Å². The summed E-state index contributed by atoms with van der Waals surface area (Å²) in [5.74, 6) is 2.20. The molecule has 3 aromatic rings. The third-order valence-electron chi connectivity index (χ3n) is 5.85. The van der Waals surface area contributed by atoms with Gasteiger partial charge in [0.1, 0.15) is 11.5 Å². The number of carbonyl (C=O) groups excluding carboxylic acids is 2. The van der Waals surface area contributed by atoms with Crippen LogP contribution in [0.4, 0.5) is 0 Å². The Morgan fingerprint density at radius 3 is 2.27 bits per heavy atom. The van der Waals surface area contributed by atoms with Gasteiger partial charge in [0, 0.05) is 19.5 Å². The molecule has 1 fully saturated rings. The summed E-state index contributed by atoms with van der Waals surface area (Å²) in [7, 11) is 3.19. The number of rotatable bonds is 10. The second-order valence-electron chi connectivity index (χ2n) is 8.03. The number of carbonyl (C=O) groups is 2. The van der Waals surface area contributed by atoms with E-state index in [0.717, 1.165) is 5.56 Å². The van der Waals surface area contributed by atoms with Crippen LogP contribution in [-0.2, 0) is 29.1 Å². The Balaban J connectivity index is 1.39. The van der Waals surface area contributed by atoms with Crippen LogP contribution in [-0.4, -0.2) is 48.9 Å². The van der Waals surface area contributed by atoms with Crippen molar-refractivity contribution in [2.45, 2.75) is 25.9 Å². The number of nitrogens with zero attached hydrogens (tertiary/aromatic N) is 2. The molecule has 0 N–H and O–H groups in total. The topological polar surface area (TPSA) is 85.4 Å². The van der Waals surface area contributed by atoms with Gasteiger partial charge in [0.2, 0.25) is 11.8 Å². The van der Waals surface area contributed by atoms with Crippen molar-refractivity contribution in [3.05, 3.63) is 72.1 Å². The molecule has 2 aromatic heterocycles. The molecule has 0 aliphatic carbocycles. The van der Waals surface area contributed by atoms with Crippen molar-refractivity contribution < 1.29 is 27.9 Å². The summed E-state index contributed by atoms with van der Waals surface area (Å²) < 4.78 is 21.5. The molecule has 1 aliphatic rings. The third-order valence-corrected chi connectivity index (χ3v) is 5.85. The fourth-order valence-corrected chi connectivity index (χ4v) is 4.11. The molecule has 1 aliphatic heterocycles. The van der Waals surface area contributed by atoms with Crippen LogP contribution in [0, 0.1) is 5.92 Å². The van der Waals surface area contributed by atoms with Gasteiger partial charge in [0.05, 0.1) is 45.8 Å². The second kappa shape index (κ2) is 10.3. The average Bonchev–Trinajstić information content (AvgIpc) is 3.60. The Kier molecular flexibility index (Phi) is 7.02. The zero-order chi connectivity index (χ0) is 23.2. The maximum atomic E-state index is 13.4. The molecule has 8 heteroatoms. The van der Waals surface area contributed by atoms with Gasteiger partial charge in [-0.3, -0.25) is 9.59 Å². The van der Waals surface area contributed by atoms with Gasteiger partial charge >= 0.3 is 0 Å². The Labute approximate surface area is 192 Å². The minimum Gasteiger partial charge on any atom is -0.493 e. The molecule has 1 unspecified atom stereocenters. The fourth-order valence-electron chi connectivity index (χ4n) is 4.11. The van der Waals surface area contributed by atoms with E-state index < -0.39 is 5.92 Å². The Bertz CT molecular complexity index is 1020. The van der Waals surface area contributed by atoms with Crippen molar-refractivity contribution in [2.75, 3.05) is 27.3 Å². The first kappa shape index (κ1) is 22.5. The first-order valence-corrected chi connectivity index (χ1v) is 10.9. The molecule has 4 rings (SSSR count). The lowest BCUT2D eigenvalue weighted by molar-refractivity contribution is -0.137. The quantitative estimate of drug-likeness (QED) is 0.468. The first-order valence-electron chi connectivity index (χ1n) is 10.9. The molecule has 174 valence electrons. The maximum Gasteiger partial charge on any atom is 0.228 e. The van der Waals surface area contributed by atoms with Crippen molar-refractivity contribution in [3.63, 3.8) is 0 Å². The van der Waals surface area contributed by atoms with E-state index in [1.165, 1.54) is 0 Å². The minimum absolute atomic E-state index is 0.00947. The smallest absolute Gasteiger partial charge is 0.228 e. The average molecular weight is 453 g/mol. The molecule has 0 radical (unpaired) electrons. The van der Waals surface area contributed by atoms with Crippen LogP contribution in [0.1, 0.15) is 23.5 Å². The number of likely N-dealkylation sites (tertiary alicyclic amines) is 1. The lowest BCUT2D eigenvalue weighted by Gasteiger charge is -2.24. The van der Waals surface area contributed by atoms with E-state index in [2.05, 4.69) is 0 Å². The second-order valence-corrected chi connectivity index (χ2v) is 8.03. The highest BCUT2D eigenvalue weighted by Crippen LogP contribution is 2.28. The number of benzene rings is 1. The zero-order valence-electron chi connectivity index (χ0n) is 18.9. The van der Waals surface area contributed by atoms with Crippen molar-refractivity contribution in [3.8, 4) is 11.5 Å². The van der Waals surface area contributed by atoms with Crippen molar-refractivity contribution in [1.29, 1.82) is 0 Å². The SMILES string of the molecule is COc1ccc(CCN2CC(C(=O)N(Cc3ccco3)Cc3ccco3)CC2=O)cc1OC. The molecule has 1 aromatic carbocycles. The van der Waals surface area contributed by atoms with E-state index in [4.69, 9.17) is 18.3 Å². The van der Waals surface area contributed by atoms with E-state index in [1.807, 2.05) is 30.3 Å². The van der Waals surface area contributed by atoms with E-state index >= 15 is 0 Å². The molecule has 1 saturated heterocycles. The number of amides is 2. The van der Waals surface area contributed by atoms with Crippen molar-refractivity contribution >= 4 is 11.8 Å². The normalized spacial score (nSPS) is 15.6. The lowest BCUT2D eigenvalue weighted by atomic mass is 10.1. The summed E-state index contributed by atoms with van der Waals surface area (Å²) in [6.45, 7) is 1.58. The van der Waals surface area contributed by atoms with Crippen LogP contribution in [0.2, 0.25) is 0 Å². The minimum atomic E-state index is -0.396. The summed E-state index contributed by atoms with van der Waals surface area (Å²) in [5, 5.41) is 0. The predicted octanol–water partition coefficient (Wildman–Crippen LogP) is 3.51. The first-order chi connectivity index (χ1) is 16.1. The highest BCUT2D eigenvalue weighted by molar-refractivity contribution is 5.89. The summed E-state index contributed by atoms with van der Waals surface area (Å²) in [6.07, 6.45) is 4.03. The molecule has 3 heterocycles. The van der Waals surface area contributed by atoms with Gasteiger partial charge in [-0.15, -0.1) is 0 Å². The molecule has 0 bridgehead atoms. The number of ether oxygens (including phenoxy) is 2. The van der Waals surface area contributed by atoms with E-state index in [0.29, 0.717) is 55.6 Å². The molecule has 0 spiro atoms. The Morgan fingerprint density at radius 2 is 1.70 bits per heavy atom. The highest BCUT2D eigenvalue weighted by Gasteiger charge is 2.36. The third kappa shape index (κ3) is 5.39. The lowest BCUT2D eigenvalue weighted by Crippen LogP contribution is -2.36. The predicted molar refractivity (Wildman–Crippen MR) is 120 cm³/mol. The van der Waals surface area contributed by atoms with Crippen molar-refractivity contribution in [2.24, 2.45) is 5.92 Å². The zero-order valence-corrected chi connectivity index (χ0v) is 18.9. The van der Waals surface area contributed by atoms with Gasteiger partial charge in [-0.2, -0.15) is 0 Å². The number of methoxy groups -OCH3 is 2. The van der Waals surface area contributed by atoms with Crippen LogP contribution < -0.4 is 9.47 Å². The number of hydrogen-bond donors (Lipinski definition) is 0. The van der Waals surface area contributed by atoms with Gasteiger partial charge < -0.3 is 28.1 Å². The molecular formula is C25H28N2O6. The van der Waals surface area contributed by atoms with E-state index in [9.17, 15) is 9.59 Å². The van der Waals surface area contributed by atoms with Crippen molar-refractivity contribution in [1.82, 2.24) is 9.80 Å². The summed E-state index contributed by atoms with van der Waals surface area (Å²) in [6, 6.07) is 13.0. The van der Waals surface area contributed by atoms with E-state index in [1.54, 1.807) is 48.7 Å².